The number of nitrogens with one attached hydrogen (secondary N) is 1. The lowest BCUT2D eigenvalue weighted by Gasteiger charge is -2.18. The number of hydrogen-bond donors (Lipinski definition) is 1. The minimum Gasteiger partial charge on any atom is -0.261 e. The molecule has 0 saturated heterocycles. The SMILES string of the molecule is c1cnc2c(c1)-c1c(cnc3[nH]ncc13)CC2. The first-order chi connectivity index (χ1) is 8.43. The van der Waals surface area contributed by atoms with Crippen LogP contribution in [-0.4, -0.2) is 20.2 Å². The summed E-state index contributed by atoms with van der Waals surface area (Å²) < 4.78 is 0. The van der Waals surface area contributed by atoms with E-state index in [1.807, 2.05) is 24.7 Å². The number of aromatic nitrogens is 4. The van der Waals surface area contributed by atoms with Crippen molar-refractivity contribution in [3.05, 3.63) is 42.0 Å². The third kappa shape index (κ3) is 1.15. The van der Waals surface area contributed by atoms with Gasteiger partial charge in [0.2, 0.25) is 0 Å². The molecule has 17 heavy (non-hydrogen) atoms. The number of hydrogen-bond acceptors (Lipinski definition) is 3. The number of fused-ring (bicyclic) bond motifs is 5. The van der Waals surface area contributed by atoms with Gasteiger partial charge in [-0.15, -0.1) is 0 Å². The molecular formula is C13H10N4. The molecule has 0 atom stereocenters. The van der Waals surface area contributed by atoms with Crippen LogP contribution in [0.3, 0.4) is 0 Å². The van der Waals surface area contributed by atoms with Crippen molar-refractivity contribution < 1.29 is 0 Å². The molecule has 0 bridgehead atoms. The summed E-state index contributed by atoms with van der Waals surface area (Å²) in [7, 11) is 0. The lowest BCUT2D eigenvalue weighted by Crippen LogP contribution is -2.06. The summed E-state index contributed by atoms with van der Waals surface area (Å²) in [5, 5.41) is 8.09. The zero-order valence-corrected chi connectivity index (χ0v) is 9.14. The highest BCUT2D eigenvalue weighted by atomic mass is 15.1. The lowest BCUT2D eigenvalue weighted by atomic mass is 9.88. The first kappa shape index (κ1) is 8.87. The maximum absolute atomic E-state index is 4.46. The number of aromatic amines is 1. The maximum atomic E-state index is 4.46. The predicted octanol–water partition coefficient (Wildman–Crippen LogP) is 2.12. The molecule has 0 unspecified atom stereocenters. The van der Waals surface area contributed by atoms with Crippen LogP contribution < -0.4 is 0 Å². The Morgan fingerprint density at radius 2 is 2.12 bits per heavy atom. The molecule has 3 aromatic heterocycles. The minimum atomic E-state index is 0.848. The molecule has 0 amide bonds. The Hall–Kier alpha value is -2.23. The second-order valence-electron chi connectivity index (χ2n) is 4.29. The van der Waals surface area contributed by atoms with Gasteiger partial charge in [-0.2, -0.15) is 5.10 Å². The van der Waals surface area contributed by atoms with Gasteiger partial charge in [0.1, 0.15) is 0 Å². The van der Waals surface area contributed by atoms with Crippen LogP contribution in [0.2, 0.25) is 0 Å². The van der Waals surface area contributed by atoms with E-state index >= 15 is 0 Å². The van der Waals surface area contributed by atoms with Crippen LogP contribution in [0.1, 0.15) is 11.3 Å². The summed E-state index contributed by atoms with van der Waals surface area (Å²) in [6.07, 6.45) is 7.66. The molecule has 0 fully saturated rings. The Kier molecular flexibility index (Phi) is 1.63. The summed E-state index contributed by atoms with van der Waals surface area (Å²) in [6.45, 7) is 0. The maximum Gasteiger partial charge on any atom is 0.155 e. The zero-order valence-electron chi connectivity index (χ0n) is 9.14. The Labute approximate surface area is 97.7 Å². The average molecular weight is 222 g/mol. The zero-order chi connectivity index (χ0) is 11.2. The van der Waals surface area contributed by atoms with E-state index in [9.17, 15) is 0 Å². The number of nitrogens with zero attached hydrogens (tertiary/aromatic N) is 3. The van der Waals surface area contributed by atoms with Crippen LogP contribution in [0.25, 0.3) is 22.2 Å². The second-order valence-corrected chi connectivity index (χ2v) is 4.29. The summed E-state index contributed by atoms with van der Waals surface area (Å²) >= 11 is 0. The van der Waals surface area contributed by atoms with Crippen molar-refractivity contribution in [2.24, 2.45) is 0 Å². The third-order valence-electron chi connectivity index (χ3n) is 3.35. The average Bonchev–Trinajstić information content (AvgIpc) is 2.86. The highest BCUT2D eigenvalue weighted by molar-refractivity contribution is 5.95. The smallest absolute Gasteiger partial charge is 0.155 e. The van der Waals surface area contributed by atoms with E-state index in [-0.39, 0.29) is 0 Å². The van der Waals surface area contributed by atoms with Crippen LogP contribution in [0.4, 0.5) is 0 Å². The van der Waals surface area contributed by atoms with Gasteiger partial charge in [0.25, 0.3) is 0 Å². The molecule has 82 valence electrons. The Morgan fingerprint density at radius 3 is 3.12 bits per heavy atom. The number of H-pyrrole nitrogens is 1. The van der Waals surface area contributed by atoms with Gasteiger partial charge >= 0.3 is 0 Å². The molecule has 0 aromatic carbocycles. The molecule has 1 aliphatic carbocycles. The van der Waals surface area contributed by atoms with Crippen LogP contribution in [0, 0.1) is 0 Å². The van der Waals surface area contributed by atoms with E-state index in [1.165, 1.54) is 22.4 Å². The van der Waals surface area contributed by atoms with Crippen LogP contribution in [-0.2, 0) is 12.8 Å². The molecule has 3 aromatic rings. The highest BCUT2D eigenvalue weighted by Crippen LogP contribution is 2.36. The molecule has 1 N–H and O–H groups in total. The monoisotopic (exact) mass is 222 g/mol. The fourth-order valence-corrected chi connectivity index (χ4v) is 2.57. The predicted molar refractivity (Wildman–Crippen MR) is 64.5 cm³/mol. The van der Waals surface area contributed by atoms with Crippen molar-refractivity contribution in [2.75, 3.05) is 0 Å². The quantitative estimate of drug-likeness (QED) is 0.633. The Bertz CT molecular complexity index is 714. The van der Waals surface area contributed by atoms with E-state index in [1.54, 1.807) is 0 Å². The molecule has 0 radical (unpaired) electrons. The first-order valence-electron chi connectivity index (χ1n) is 5.69. The minimum absolute atomic E-state index is 0.848. The van der Waals surface area contributed by atoms with E-state index in [4.69, 9.17) is 0 Å². The van der Waals surface area contributed by atoms with Gasteiger partial charge < -0.3 is 0 Å². The molecule has 0 aliphatic heterocycles. The molecular weight excluding hydrogens is 212 g/mol. The van der Waals surface area contributed by atoms with E-state index in [0.717, 1.165) is 23.9 Å². The summed E-state index contributed by atoms with van der Waals surface area (Å²) in [4.78, 5) is 8.85. The van der Waals surface area contributed by atoms with Gasteiger partial charge in [0, 0.05) is 34.6 Å². The van der Waals surface area contributed by atoms with E-state index in [0.29, 0.717) is 0 Å². The largest absolute Gasteiger partial charge is 0.261 e. The standard InChI is InChI=1S/C13H10N4/c1-2-9-11(14-5-1)4-3-8-6-15-13-10(12(8)9)7-16-17-13/h1-2,5-7H,3-4H2,(H,15,16,17). The van der Waals surface area contributed by atoms with Crippen LogP contribution >= 0.6 is 0 Å². The number of pyridine rings is 2. The van der Waals surface area contributed by atoms with Crippen molar-refractivity contribution in [2.45, 2.75) is 12.8 Å². The van der Waals surface area contributed by atoms with Crippen molar-refractivity contribution in [3.8, 4) is 11.1 Å². The van der Waals surface area contributed by atoms with E-state index in [2.05, 4.69) is 26.2 Å². The molecule has 4 rings (SSSR count). The molecule has 4 nitrogen and oxygen atoms in total. The Balaban J connectivity index is 2.16. The van der Waals surface area contributed by atoms with Crippen LogP contribution in [0.5, 0.6) is 0 Å². The van der Waals surface area contributed by atoms with Crippen molar-refractivity contribution in [1.29, 1.82) is 0 Å². The molecule has 1 aliphatic rings. The second kappa shape index (κ2) is 3.13. The lowest BCUT2D eigenvalue weighted by molar-refractivity contribution is 0.893. The summed E-state index contributed by atoms with van der Waals surface area (Å²) in [5.74, 6) is 0. The topological polar surface area (TPSA) is 54.5 Å². The molecule has 0 saturated carbocycles. The normalized spacial score (nSPS) is 13.4. The Morgan fingerprint density at radius 1 is 1.12 bits per heavy atom. The summed E-state index contributed by atoms with van der Waals surface area (Å²) in [5.41, 5.74) is 5.79. The van der Waals surface area contributed by atoms with Crippen molar-refractivity contribution in [3.63, 3.8) is 0 Å². The van der Waals surface area contributed by atoms with Gasteiger partial charge in [-0.25, -0.2) is 4.98 Å². The van der Waals surface area contributed by atoms with E-state index < -0.39 is 0 Å². The van der Waals surface area contributed by atoms with Crippen molar-refractivity contribution in [1.82, 2.24) is 20.2 Å². The fourth-order valence-electron chi connectivity index (χ4n) is 2.57. The van der Waals surface area contributed by atoms with Gasteiger partial charge in [0.15, 0.2) is 5.65 Å². The highest BCUT2D eigenvalue weighted by Gasteiger charge is 2.20. The summed E-state index contributed by atoms with van der Waals surface area (Å²) in [6, 6.07) is 4.12. The van der Waals surface area contributed by atoms with Crippen LogP contribution in [0.15, 0.2) is 30.7 Å². The third-order valence-corrected chi connectivity index (χ3v) is 3.35. The molecule has 0 spiro atoms. The fraction of sp³-hybridized carbons (Fsp3) is 0.154. The van der Waals surface area contributed by atoms with Crippen molar-refractivity contribution >= 4 is 11.0 Å². The van der Waals surface area contributed by atoms with Gasteiger partial charge in [-0.3, -0.25) is 10.1 Å². The van der Waals surface area contributed by atoms with Gasteiger partial charge in [-0.1, -0.05) is 6.07 Å². The number of aryl methyl sites for hydroxylation is 2. The molecule has 4 heteroatoms. The molecule has 3 heterocycles. The van der Waals surface area contributed by atoms with Gasteiger partial charge in [-0.05, 0) is 24.5 Å². The van der Waals surface area contributed by atoms with Gasteiger partial charge in [0.05, 0.1) is 6.20 Å². The number of rotatable bonds is 0. The first-order valence-corrected chi connectivity index (χ1v) is 5.69.